The van der Waals surface area contributed by atoms with Crippen molar-refractivity contribution in [2.24, 2.45) is 0 Å². The molecule has 0 aromatic heterocycles. The molecule has 7 heteroatoms. The highest BCUT2D eigenvalue weighted by molar-refractivity contribution is 6.99. The molecule has 2 aromatic rings. The third kappa shape index (κ3) is 5.14. The molecule has 0 N–H and O–H groups in total. The molecule has 2 fully saturated rings. The van der Waals surface area contributed by atoms with Gasteiger partial charge in [0.25, 0.3) is 8.32 Å². The van der Waals surface area contributed by atoms with Crippen LogP contribution in [-0.2, 0) is 28.1 Å². The van der Waals surface area contributed by atoms with E-state index in [2.05, 4.69) is 69.3 Å². The molecule has 0 radical (unpaired) electrons. The fourth-order valence-electron chi connectivity index (χ4n) is 5.50. The summed E-state index contributed by atoms with van der Waals surface area (Å²) in [5, 5.41) is 2.32. The second-order valence-electron chi connectivity index (χ2n) is 10.7. The van der Waals surface area contributed by atoms with Crippen LogP contribution < -0.4 is 10.4 Å². The second-order valence-corrected chi connectivity index (χ2v) is 15.0. The van der Waals surface area contributed by atoms with Crippen LogP contribution in [0.1, 0.15) is 41.5 Å². The van der Waals surface area contributed by atoms with E-state index in [9.17, 15) is 0 Å². The SMILES string of the molecule is CCO[C@H]1C(OC)O[C@H](CO[Si](c2ccccc2)(c2ccccc2)C(C)(C)C)[C@@H]2OC(C)(C)O[C@@H]21. The summed E-state index contributed by atoms with van der Waals surface area (Å²) in [5.74, 6) is -0.744. The Kier molecular flexibility index (Phi) is 7.88. The van der Waals surface area contributed by atoms with Gasteiger partial charge in [-0.05, 0) is 36.2 Å². The van der Waals surface area contributed by atoms with E-state index in [1.807, 2.05) is 32.9 Å². The molecule has 5 atom stereocenters. The molecule has 0 amide bonds. The number of fused-ring (bicyclic) bond motifs is 1. The van der Waals surface area contributed by atoms with Crippen molar-refractivity contribution in [1.82, 2.24) is 0 Å². The standard InChI is InChI=1S/C28H40O6Si/c1-8-30-25-24-23(33-28(5,6)34-24)22(32-26(25)29-7)19-31-35(27(2,3)4,20-15-11-9-12-16-20)21-17-13-10-14-18-21/h9-18,22-26H,8,19H2,1-7H3/t22-,23+,24+,25-,26?/m1/s1. The molecule has 2 saturated heterocycles. The van der Waals surface area contributed by atoms with E-state index in [1.165, 1.54) is 10.4 Å². The van der Waals surface area contributed by atoms with Gasteiger partial charge in [-0.3, -0.25) is 0 Å². The van der Waals surface area contributed by atoms with Gasteiger partial charge in [0.15, 0.2) is 12.1 Å². The number of benzene rings is 2. The summed E-state index contributed by atoms with van der Waals surface area (Å²) >= 11 is 0. The van der Waals surface area contributed by atoms with Gasteiger partial charge in [0, 0.05) is 13.7 Å². The van der Waals surface area contributed by atoms with Gasteiger partial charge in [-0.15, -0.1) is 0 Å². The first-order chi connectivity index (χ1) is 16.6. The maximum Gasteiger partial charge on any atom is 0.261 e. The van der Waals surface area contributed by atoms with Crippen LogP contribution in [0.3, 0.4) is 0 Å². The Hall–Kier alpha value is -1.58. The number of methoxy groups -OCH3 is 1. The molecule has 4 rings (SSSR count). The Bertz CT molecular complexity index is 905. The average Bonchev–Trinajstić information content (AvgIpc) is 3.16. The predicted molar refractivity (Wildman–Crippen MR) is 138 cm³/mol. The largest absolute Gasteiger partial charge is 0.405 e. The zero-order chi connectivity index (χ0) is 25.3. The van der Waals surface area contributed by atoms with Crippen molar-refractivity contribution in [1.29, 1.82) is 0 Å². The van der Waals surface area contributed by atoms with Gasteiger partial charge in [0.2, 0.25) is 0 Å². The van der Waals surface area contributed by atoms with E-state index in [1.54, 1.807) is 7.11 Å². The van der Waals surface area contributed by atoms with Crippen molar-refractivity contribution in [2.45, 2.75) is 83.1 Å². The highest BCUT2D eigenvalue weighted by Crippen LogP contribution is 2.41. The second kappa shape index (κ2) is 10.4. The van der Waals surface area contributed by atoms with Crippen LogP contribution in [0.2, 0.25) is 5.04 Å². The van der Waals surface area contributed by atoms with Crippen LogP contribution in [0.5, 0.6) is 0 Å². The van der Waals surface area contributed by atoms with Gasteiger partial charge in [0.1, 0.15) is 24.4 Å². The van der Waals surface area contributed by atoms with Gasteiger partial charge in [0.05, 0.1) is 6.61 Å². The summed E-state index contributed by atoms with van der Waals surface area (Å²) in [6, 6.07) is 21.2. The molecule has 6 nitrogen and oxygen atoms in total. The quantitative estimate of drug-likeness (QED) is 0.513. The normalized spacial score (nSPS) is 28.6. The lowest BCUT2D eigenvalue weighted by atomic mass is 9.99. The lowest BCUT2D eigenvalue weighted by Gasteiger charge is -2.46. The lowest BCUT2D eigenvalue weighted by Crippen LogP contribution is -2.68. The molecule has 1 unspecified atom stereocenters. The van der Waals surface area contributed by atoms with Crippen LogP contribution in [0.15, 0.2) is 60.7 Å². The maximum absolute atomic E-state index is 7.15. The first-order valence-electron chi connectivity index (χ1n) is 12.5. The summed E-state index contributed by atoms with van der Waals surface area (Å²) in [7, 11) is -1.09. The highest BCUT2D eigenvalue weighted by atomic mass is 28.4. The minimum atomic E-state index is -2.73. The summed E-state index contributed by atoms with van der Waals surface area (Å²) in [4.78, 5) is 0. The summed E-state index contributed by atoms with van der Waals surface area (Å²) in [6.07, 6.45) is -1.95. The van der Waals surface area contributed by atoms with Gasteiger partial charge >= 0.3 is 0 Å². The number of hydrogen-bond donors (Lipinski definition) is 0. The van der Waals surface area contributed by atoms with E-state index < -0.39 is 20.4 Å². The van der Waals surface area contributed by atoms with Crippen LogP contribution in [0, 0.1) is 0 Å². The molecule has 0 aliphatic carbocycles. The van der Waals surface area contributed by atoms with Crippen LogP contribution >= 0.6 is 0 Å². The van der Waals surface area contributed by atoms with Crippen molar-refractivity contribution in [3.8, 4) is 0 Å². The minimum Gasteiger partial charge on any atom is -0.405 e. The number of hydrogen-bond acceptors (Lipinski definition) is 6. The van der Waals surface area contributed by atoms with Gasteiger partial charge in [-0.2, -0.15) is 0 Å². The number of rotatable bonds is 8. The van der Waals surface area contributed by atoms with Crippen LogP contribution in [-0.4, -0.2) is 65.1 Å². The Labute approximate surface area is 211 Å². The van der Waals surface area contributed by atoms with Crippen molar-refractivity contribution >= 4 is 18.7 Å². The van der Waals surface area contributed by atoms with Crippen molar-refractivity contribution in [2.75, 3.05) is 20.3 Å². The van der Waals surface area contributed by atoms with Crippen LogP contribution in [0.25, 0.3) is 0 Å². The highest BCUT2D eigenvalue weighted by Gasteiger charge is 2.57. The van der Waals surface area contributed by atoms with E-state index in [4.69, 9.17) is 28.1 Å². The van der Waals surface area contributed by atoms with Crippen molar-refractivity contribution in [3.63, 3.8) is 0 Å². The third-order valence-corrected chi connectivity index (χ3v) is 11.9. The molecule has 2 aliphatic rings. The zero-order valence-corrected chi connectivity index (χ0v) is 23.0. The van der Waals surface area contributed by atoms with E-state index >= 15 is 0 Å². The van der Waals surface area contributed by atoms with Crippen molar-refractivity contribution < 1.29 is 28.1 Å². The molecule has 35 heavy (non-hydrogen) atoms. The van der Waals surface area contributed by atoms with Crippen LogP contribution in [0.4, 0.5) is 0 Å². The molecular formula is C28H40O6Si. The van der Waals surface area contributed by atoms with Gasteiger partial charge in [-0.1, -0.05) is 81.4 Å². The molecular weight excluding hydrogens is 460 g/mol. The fourth-order valence-corrected chi connectivity index (χ4v) is 10.1. The Morgan fingerprint density at radius 1 is 0.886 bits per heavy atom. The van der Waals surface area contributed by atoms with E-state index in [0.29, 0.717) is 13.2 Å². The Morgan fingerprint density at radius 2 is 1.43 bits per heavy atom. The molecule has 0 bridgehead atoms. The topological polar surface area (TPSA) is 55.4 Å². The monoisotopic (exact) mass is 500 g/mol. The fraction of sp³-hybridized carbons (Fsp3) is 0.571. The first-order valence-corrected chi connectivity index (χ1v) is 14.4. The van der Waals surface area contributed by atoms with E-state index in [-0.39, 0.29) is 29.5 Å². The summed E-state index contributed by atoms with van der Waals surface area (Å²) < 4.78 is 37.9. The average molecular weight is 501 g/mol. The maximum atomic E-state index is 7.15. The first kappa shape index (κ1) is 26.5. The molecule has 0 saturated carbocycles. The molecule has 192 valence electrons. The zero-order valence-electron chi connectivity index (χ0n) is 22.0. The third-order valence-electron chi connectivity index (χ3n) is 6.90. The summed E-state index contributed by atoms with van der Waals surface area (Å²) in [5.41, 5.74) is 0. The van der Waals surface area contributed by atoms with Crippen molar-refractivity contribution in [3.05, 3.63) is 60.7 Å². The van der Waals surface area contributed by atoms with E-state index in [0.717, 1.165) is 0 Å². The molecule has 0 spiro atoms. The minimum absolute atomic E-state index is 0.134. The summed E-state index contributed by atoms with van der Waals surface area (Å²) in [6.45, 7) is 13.5. The molecule has 2 aromatic carbocycles. The lowest BCUT2D eigenvalue weighted by molar-refractivity contribution is -0.282. The smallest absolute Gasteiger partial charge is 0.261 e. The molecule has 2 aliphatic heterocycles. The van der Waals surface area contributed by atoms with Gasteiger partial charge in [-0.25, -0.2) is 0 Å². The van der Waals surface area contributed by atoms with Gasteiger partial charge < -0.3 is 28.1 Å². The Morgan fingerprint density at radius 3 is 1.91 bits per heavy atom. The molecule has 2 heterocycles. The Balaban J connectivity index is 1.71. The number of ether oxygens (including phenoxy) is 5. The predicted octanol–water partition coefficient (Wildman–Crippen LogP) is 3.86.